The summed E-state index contributed by atoms with van der Waals surface area (Å²) < 4.78 is 0. The number of nitrogens with zero attached hydrogens (tertiary/aromatic N) is 1. The van der Waals surface area contributed by atoms with Crippen LogP contribution in [0.4, 0.5) is 5.82 Å². The molecule has 2 N–H and O–H groups in total. The van der Waals surface area contributed by atoms with Crippen molar-refractivity contribution >= 4 is 22.6 Å². The van der Waals surface area contributed by atoms with Crippen LogP contribution in [0.2, 0.25) is 0 Å². The van der Waals surface area contributed by atoms with E-state index in [2.05, 4.69) is 15.6 Å². The summed E-state index contributed by atoms with van der Waals surface area (Å²) in [6.45, 7) is 1.09. The highest BCUT2D eigenvalue weighted by Crippen LogP contribution is 2.27. The monoisotopic (exact) mass is 255 g/mol. The Labute approximate surface area is 112 Å². The van der Waals surface area contributed by atoms with Crippen LogP contribution in [-0.4, -0.2) is 24.0 Å². The number of fused-ring (bicyclic) bond motifs is 1. The smallest absolute Gasteiger partial charge is 0.239 e. The van der Waals surface area contributed by atoms with Crippen molar-refractivity contribution in [3.63, 3.8) is 0 Å². The first-order valence-electron chi connectivity index (χ1n) is 6.67. The molecule has 1 aliphatic carbocycles. The summed E-state index contributed by atoms with van der Waals surface area (Å²) in [5.74, 6) is 1.48. The second kappa shape index (κ2) is 5.26. The van der Waals surface area contributed by atoms with E-state index in [0.717, 1.165) is 23.3 Å². The largest absolute Gasteiger partial charge is 0.361 e. The molecule has 4 heteroatoms. The number of hydrogen-bond acceptors (Lipinski definition) is 3. The number of anilines is 1. The summed E-state index contributed by atoms with van der Waals surface area (Å²) in [6.07, 6.45) is 2.50. The van der Waals surface area contributed by atoms with Crippen LogP contribution in [0.3, 0.4) is 0 Å². The van der Waals surface area contributed by atoms with E-state index in [1.165, 1.54) is 12.8 Å². The predicted molar refractivity (Wildman–Crippen MR) is 76.0 cm³/mol. The highest BCUT2D eigenvalue weighted by atomic mass is 16.1. The molecule has 1 heterocycles. The molecule has 0 radical (unpaired) electrons. The molecule has 1 aliphatic rings. The van der Waals surface area contributed by atoms with Crippen LogP contribution >= 0.6 is 0 Å². The summed E-state index contributed by atoms with van der Waals surface area (Å²) in [5.41, 5.74) is 0.936. The van der Waals surface area contributed by atoms with Gasteiger partial charge in [-0.25, -0.2) is 4.98 Å². The van der Waals surface area contributed by atoms with E-state index in [1.807, 2.05) is 36.4 Å². The standard InChI is InChI=1S/C15H17N3O/c19-15(17-9-11-5-6-11)10-16-14-8-7-12-3-1-2-4-13(12)18-14/h1-4,7-8,11H,5-6,9-10H2,(H,16,18)(H,17,19). The first kappa shape index (κ1) is 12.0. The minimum Gasteiger partial charge on any atom is -0.361 e. The maximum absolute atomic E-state index is 11.6. The summed E-state index contributed by atoms with van der Waals surface area (Å²) in [5, 5.41) is 7.08. The highest BCUT2D eigenvalue weighted by Gasteiger charge is 2.21. The molecule has 0 spiro atoms. The van der Waals surface area contributed by atoms with Crippen LogP contribution in [0.1, 0.15) is 12.8 Å². The number of hydrogen-bond donors (Lipinski definition) is 2. The van der Waals surface area contributed by atoms with Crippen molar-refractivity contribution in [2.75, 3.05) is 18.4 Å². The third-order valence-corrected chi connectivity index (χ3v) is 3.31. The lowest BCUT2D eigenvalue weighted by Gasteiger charge is -2.07. The zero-order valence-electron chi connectivity index (χ0n) is 10.7. The second-order valence-corrected chi connectivity index (χ2v) is 4.99. The molecule has 0 aliphatic heterocycles. The van der Waals surface area contributed by atoms with Crippen molar-refractivity contribution in [1.82, 2.24) is 10.3 Å². The number of pyridine rings is 1. The van der Waals surface area contributed by atoms with E-state index in [9.17, 15) is 4.79 Å². The molecule has 1 fully saturated rings. The molecule has 1 amide bonds. The molecular formula is C15H17N3O. The molecule has 1 aromatic heterocycles. The maximum Gasteiger partial charge on any atom is 0.239 e. The molecule has 19 heavy (non-hydrogen) atoms. The van der Waals surface area contributed by atoms with Gasteiger partial charge in [-0.05, 0) is 37.0 Å². The van der Waals surface area contributed by atoms with Gasteiger partial charge in [-0.1, -0.05) is 18.2 Å². The van der Waals surface area contributed by atoms with Gasteiger partial charge in [-0.3, -0.25) is 4.79 Å². The van der Waals surface area contributed by atoms with Gasteiger partial charge < -0.3 is 10.6 Å². The van der Waals surface area contributed by atoms with Crippen LogP contribution in [0.25, 0.3) is 10.9 Å². The van der Waals surface area contributed by atoms with Crippen molar-refractivity contribution in [3.8, 4) is 0 Å². The number of benzene rings is 1. The zero-order chi connectivity index (χ0) is 13.1. The van der Waals surface area contributed by atoms with Gasteiger partial charge in [0.15, 0.2) is 0 Å². The molecule has 1 saturated carbocycles. The molecule has 4 nitrogen and oxygen atoms in total. The topological polar surface area (TPSA) is 54.0 Å². The number of carbonyl (C=O) groups is 1. The summed E-state index contributed by atoms with van der Waals surface area (Å²) in [7, 11) is 0. The fourth-order valence-electron chi connectivity index (χ4n) is 1.98. The van der Waals surface area contributed by atoms with Gasteiger partial charge in [-0.2, -0.15) is 0 Å². The number of carbonyl (C=O) groups excluding carboxylic acids is 1. The average molecular weight is 255 g/mol. The van der Waals surface area contributed by atoms with Gasteiger partial charge in [0.2, 0.25) is 5.91 Å². The molecule has 0 atom stereocenters. The van der Waals surface area contributed by atoms with Crippen molar-refractivity contribution in [3.05, 3.63) is 36.4 Å². The van der Waals surface area contributed by atoms with Crippen molar-refractivity contribution in [1.29, 1.82) is 0 Å². The summed E-state index contributed by atoms with van der Waals surface area (Å²) in [4.78, 5) is 16.1. The Hall–Kier alpha value is -2.10. The normalized spacial score (nSPS) is 14.3. The Morgan fingerprint density at radius 2 is 2.05 bits per heavy atom. The third-order valence-electron chi connectivity index (χ3n) is 3.31. The third kappa shape index (κ3) is 3.22. The van der Waals surface area contributed by atoms with Crippen molar-refractivity contribution in [2.24, 2.45) is 5.92 Å². The number of nitrogens with one attached hydrogen (secondary N) is 2. The van der Waals surface area contributed by atoms with Gasteiger partial charge in [0.25, 0.3) is 0 Å². The summed E-state index contributed by atoms with van der Waals surface area (Å²) >= 11 is 0. The summed E-state index contributed by atoms with van der Waals surface area (Å²) in [6, 6.07) is 11.8. The Bertz CT molecular complexity index is 593. The number of amides is 1. The van der Waals surface area contributed by atoms with Gasteiger partial charge in [-0.15, -0.1) is 0 Å². The van der Waals surface area contributed by atoms with E-state index in [0.29, 0.717) is 5.92 Å². The Kier molecular flexibility index (Phi) is 3.31. The maximum atomic E-state index is 11.6. The number of rotatable bonds is 5. The van der Waals surface area contributed by atoms with Gasteiger partial charge in [0.05, 0.1) is 12.1 Å². The molecule has 0 bridgehead atoms. The number of para-hydroxylation sites is 1. The molecule has 0 saturated heterocycles. The molecule has 1 aromatic carbocycles. The van der Waals surface area contributed by atoms with E-state index >= 15 is 0 Å². The lowest BCUT2D eigenvalue weighted by molar-refractivity contribution is -0.119. The zero-order valence-corrected chi connectivity index (χ0v) is 10.7. The van der Waals surface area contributed by atoms with E-state index < -0.39 is 0 Å². The lowest BCUT2D eigenvalue weighted by Crippen LogP contribution is -2.31. The van der Waals surface area contributed by atoms with E-state index in [-0.39, 0.29) is 12.5 Å². The van der Waals surface area contributed by atoms with E-state index in [1.54, 1.807) is 0 Å². The molecule has 0 unspecified atom stereocenters. The Morgan fingerprint density at radius 3 is 2.89 bits per heavy atom. The molecule has 3 rings (SSSR count). The minimum absolute atomic E-state index is 0.0295. The van der Waals surface area contributed by atoms with Crippen molar-refractivity contribution in [2.45, 2.75) is 12.8 Å². The molecule has 98 valence electrons. The molecule has 2 aromatic rings. The Morgan fingerprint density at radius 1 is 1.21 bits per heavy atom. The fourth-order valence-corrected chi connectivity index (χ4v) is 1.98. The first-order chi connectivity index (χ1) is 9.31. The van der Waals surface area contributed by atoms with Gasteiger partial charge in [0.1, 0.15) is 5.82 Å². The van der Waals surface area contributed by atoms with Crippen LogP contribution in [0, 0.1) is 5.92 Å². The van der Waals surface area contributed by atoms with Crippen LogP contribution in [0.5, 0.6) is 0 Å². The highest BCUT2D eigenvalue weighted by molar-refractivity contribution is 5.82. The fraction of sp³-hybridized carbons (Fsp3) is 0.333. The lowest BCUT2D eigenvalue weighted by atomic mass is 10.2. The molecular weight excluding hydrogens is 238 g/mol. The predicted octanol–water partition coefficient (Wildman–Crippen LogP) is 2.17. The van der Waals surface area contributed by atoms with Gasteiger partial charge >= 0.3 is 0 Å². The van der Waals surface area contributed by atoms with Crippen LogP contribution in [-0.2, 0) is 4.79 Å². The number of aromatic nitrogens is 1. The van der Waals surface area contributed by atoms with E-state index in [4.69, 9.17) is 0 Å². The van der Waals surface area contributed by atoms with Crippen LogP contribution < -0.4 is 10.6 Å². The quantitative estimate of drug-likeness (QED) is 0.861. The second-order valence-electron chi connectivity index (χ2n) is 4.99. The van der Waals surface area contributed by atoms with Crippen LogP contribution in [0.15, 0.2) is 36.4 Å². The minimum atomic E-state index is 0.0295. The van der Waals surface area contributed by atoms with Crippen molar-refractivity contribution < 1.29 is 4.79 Å². The van der Waals surface area contributed by atoms with Gasteiger partial charge in [0, 0.05) is 11.9 Å². The average Bonchev–Trinajstić information content (AvgIpc) is 3.27. The SMILES string of the molecule is O=C(CNc1ccc2ccccc2n1)NCC1CC1. The Balaban J connectivity index is 1.56. The first-order valence-corrected chi connectivity index (χ1v) is 6.67.